The molecular formula is C12H12Cl2O3S. The van der Waals surface area contributed by atoms with Crippen LogP contribution in [0.3, 0.4) is 0 Å². The van der Waals surface area contributed by atoms with Gasteiger partial charge in [-0.25, -0.2) is 0 Å². The molecule has 1 aromatic rings. The summed E-state index contributed by atoms with van der Waals surface area (Å²) in [5.74, 6) is -0.322. The highest BCUT2D eigenvalue weighted by Crippen LogP contribution is 2.25. The lowest BCUT2D eigenvalue weighted by Gasteiger charge is -2.08. The molecule has 0 aliphatic carbocycles. The standard InChI is InChI=1S/C12H12Cl2O3S/c1-7(11(15)17-2)6-18-12(16)9-4-3-8(13)5-10(9)14/h3-5,7H,6H2,1-2H3. The first kappa shape index (κ1) is 15.3. The maximum Gasteiger partial charge on any atom is 0.309 e. The van der Waals surface area contributed by atoms with Crippen molar-refractivity contribution in [1.82, 2.24) is 0 Å². The summed E-state index contributed by atoms with van der Waals surface area (Å²) in [5, 5.41) is 0.600. The molecule has 3 nitrogen and oxygen atoms in total. The second-order valence-electron chi connectivity index (χ2n) is 3.65. The number of ether oxygens (including phenoxy) is 1. The van der Waals surface area contributed by atoms with Gasteiger partial charge in [0.1, 0.15) is 0 Å². The van der Waals surface area contributed by atoms with Gasteiger partial charge in [-0.15, -0.1) is 0 Å². The van der Waals surface area contributed by atoms with E-state index in [0.29, 0.717) is 21.4 Å². The molecule has 0 amide bonds. The van der Waals surface area contributed by atoms with E-state index in [1.165, 1.54) is 13.2 Å². The van der Waals surface area contributed by atoms with E-state index in [0.717, 1.165) is 11.8 Å². The molecule has 0 saturated heterocycles. The highest BCUT2D eigenvalue weighted by molar-refractivity contribution is 8.14. The van der Waals surface area contributed by atoms with E-state index < -0.39 is 0 Å². The molecule has 0 fully saturated rings. The summed E-state index contributed by atoms with van der Waals surface area (Å²) < 4.78 is 4.58. The second kappa shape index (κ2) is 7.02. The van der Waals surface area contributed by atoms with Crippen LogP contribution < -0.4 is 0 Å². The molecule has 6 heteroatoms. The zero-order valence-electron chi connectivity index (χ0n) is 9.91. The molecule has 0 aliphatic rings. The average Bonchev–Trinajstić information content (AvgIpc) is 2.34. The molecule has 0 saturated carbocycles. The molecule has 0 aromatic heterocycles. The molecule has 18 heavy (non-hydrogen) atoms. The summed E-state index contributed by atoms with van der Waals surface area (Å²) in [5.41, 5.74) is 0.392. The van der Waals surface area contributed by atoms with Crippen molar-refractivity contribution in [3.05, 3.63) is 33.8 Å². The van der Waals surface area contributed by atoms with Crippen molar-refractivity contribution >= 4 is 46.0 Å². The number of carbonyl (C=O) groups excluding carboxylic acids is 2. The lowest BCUT2D eigenvalue weighted by Crippen LogP contribution is -2.15. The van der Waals surface area contributed by atoms with Crippen LogP contribution in [-0.4, -0.2) is 23.9 Å². The average molecular weight is 307 g/mol. The van der Waals surface area contributed by atoms with E-state index in [9.17, 15) is 9.59 Å². The largest absolute Gasteiger partial charge is 0.469 e. The van der Waals surface area contributed by atoms with E-state index in [4.69, 9.17) is 23.2 Å². The number of methoxy groups -OCH3 is 1. The van der Waals surface area contributed by atoms with Gasteiger partial charge in [-0.2, -0.15) is 0 Å². The molecule has 0 aliphatic heterocycles. The summed E-state index contributed by atoms with van der Waals surface area (Å²) in [6.07, 6.45) is 0. The Bertz CT molecular complexity index is 463. The van der Waals surface area contributed by atoms with Crippen LogP contribution in [0.2, 0.25) is 10.0 Å². The van der Waals surface area contributed by atoms with Gasteiger partial charge in [-0.05, 0) is 18.2 Å². The lowest BCUT2D eigenvalue weighted by molar-refractivity contribution is -0.143. The van der Waals surface area contributed by atoms with E-state index in [1.54, 1.807) is 19.1 Å². The third-order valence-corrected chi connectivity index (χ3v) is 3.92. The second-order valence-corrected chi connectivity index (χ2v) is 5.48. The maximum atomic E-state index is 11.9. The number of hydrogen-bond acceptors (Lipinski definition) is 4. The summed E-state index contributed by atoms with van der Waals surface area (Å²) in [7, 11) is 1.32. The Morgan fingerprint density at radius 1 is 1.39 bits per heavy atom. The summed E-state index contributed by atoms with van der Waals surface area (Å²) in [4.78, 5) is 23.1. The fourth-order valence-corrected chi connectivity index (χ4v) is 2.62. The van der Waals surface area contributed by atoms with Crippen molar-refractivity contribution in [3.8, 4) is 0 Å². The zero-order chi connectivity index (χ0) is 13.7. The molecule has 98 valence electrons. The summed E-state index contributed by atoms with van der Waals surface area (Å²) >= 11 is 12.7. The van der Waals surface area contributed by atoms with Crippen LogP contribution in [0.5, 0.6) is 0 Å². The topological polar surface area (TPSA) is 43.4 Å². The fourth-order valence-electron chi connectivity index (χ4n) is 1.20. The molecule has 0 N–H and O–H groups in total. The number of thioether (sulfide) groups is 1. The maximum absolute atomic E-state index is 11.9. The zero-order valence-corrected chi connectivity index (χ0v) is 12.2. The van der Waals surface area contributed by atoms with Crippen LogP contribution in [0.15, 0.2) is 18.2 Å². The number of halogens is 2. The minimum Gasteiger partial charge on any atom is -0.469 e. The number of hydrogen-bond donors (Lipinski definition) is 0. The van der Waals surface area contributed by atoms with E-state index in [1.807, 2.05) is 0 Å². The van der Waals surface area contributed by atoms with Gasteiger partial charge >= 0.3 is 5.97 Å². The van der Waals surface area contributed by atoms with Crippen LogP contribution in [0, 0.1) is 5.92 Å². The Morgan fingerprint density at radius 2 is 2.06 bits per heavy atom. The van der Waals surface area contributed by atoms with Crippen LogP contribution in [0.1, 0.15) is 17.3 Å². The predicted molar refractivity (Wildman–Crippen MR) is 74.4 cm³/mol. The van der Waals surface area contributed by atoms with Gasteiger partial charge in [-0.1, -0.05) is 41.9 Å². The SMILES string of the molecule is COC(=O)C(C)CSC(=O)c1ccc(Cl)cc1Cl. The first-order valence-corrected chi connectivity index (χ1v) is 6.90. The van der Waals surface area contributed by atoms with Crippen molar-refractivity contribution in [2.24, 2.45) is 5.92 Å². The van der Waals surface area contributed by atoms with E-state index in [2.05, 4.69) is 4.74 Å². The third kappa shape index (κ3) is 4.19. The lowest BCUT2D eigenvalue weighted by atomic mass is 10.2. The number of benzene rings is 1. The molecule has 0 heterocycles. The van der Waals surface area contributed by atoms with Crippen molar-refractivity contribution in [1.29, 1.82) is 0 Å². The Labute approximate surface area is 120 Å². The monoisotopic (exact) mass is 306 g/mol. The van der Waals surface area contributed by atoms with Crippen molar-refractivity contribution < 1.29 is 14.3 Å². The highest BCUT2D eigenvalue weighted by atomic mass is 35.5. The minimum absolute atomic E-state index is 0.188. The number of rotatable bonds is 4. The predicted octanol–water partition coefficient (Wildman–Crippen LogP) is 3.68. The van der Waals surface area contributed by atoms with E-state index in [-0.39, 0.29) is 17.0 Å². The van der Waals surface area contributed by atoms with Gasteiger partial charge in [0, 0.05) is 16.3 Å². The Morgan fingerprint density at radius 3 is 2.61 bits per heavy atom. The highest BCUT2D eigenvalue weighted by Gasteiger charge is 2.17. The number of carbonyl (C=O) groups is 2. The van der Waals surface area contributed by atoms with Gasteiger partial charge < -0.3 is 4.74 Å². The number of esters is 1. The third-order valence-electron chi connectivity index (χ3n) is 2.22. The van der Waals surface area contributed by atoms with Gasteiger partial charge in [0.25, 0.3) is 0 Å². The van der Waals surface area contributed by atoms with Crippen LogP contribution in [0.25, 0.3) is 0 Å². The molecular weight excluding hydrogens is 295 g/mol. The van der Waals surface area contributed by atoms with Crippen molar-refractivity contribution in [2.45, 2.75) is 6.92 Å². The summed E-state index contributed by atoms with van der Waals surface area (Å²) in [6, 6.07) is 4.69. The van der Waals surface area contributed by atoms with Crippen LogP contribution in [0.4, 0.5) is 0 Å². The summed E-state index contributed by atoms with van der Waals surface area (Å²) in [6.45, 7) is 1.70. The van der Waals surface area contributed by atoms with Crippen molar-refractivity contribution in [2.75, 3.05) is 12.9 Å². The molecule has 1 aromatic carbocycles. The Hall–Kier alpha value is -0.710. The van der Waals surface area contributed by atoms with Crippen molar-refractivity contribution in [3.63, 3.8) is 0 Å². The molecule has 1 rings (SSSR count). The molecule has 0 radical (unpaired) electrons. The van der Waals surface area contributed by atoms with Gasteiger partial charge in [0.15, 0.2) is 0 Å². The fraction of sp³-hybridized carbons (Fsp3) is 0.333. The first-order valence-electron chi connectivity index (χ1n) is 5.15. The van der Waals surface area contributed by atoms with Crippen LogP contribution >= 0.6 is 35.0 Å². The Kier molecular flexibility index (Phi) is 5.99. The van der Waals surface area contributed by atoms with Crippen LogP contribution in [-0.2, 0) is 9.53 Å². The normalized spacial score (nSPS) is 12.0. The Balaban J connectivity index is 2.63. The van der Waals surface area contributed by atoms with Gasteiger partial charge in [-0.3, -0.25) is 9.59 Å². The van der Waals surface area contributed by atoms with Gasteiger partial charge in [0.05, 0.1) is 18.1 Å². The minimum atomic E-state index is -0.338. The quantitative estimate of drug-likeness (QED) is 0.796. The molecule has 1 unspecified atom stereocenters. The van der Waals surface area contributed by atoms with Gasteiger partial charge in [0.2, 0.25) is 5.12 Å². The molecule has 1 atom stereocenters. The smallest absolute Gasteiger partial charge is 0.309 e. The molecule has 0 bridgehead atoms. The van der Waals surface area contributed by atoms with E-state index >= 15 is 0 Å². The first-order chi connectivity index (χ1) is 8.45. The molecule has 0 spiro atoms.